The highest BCUT2D eigenvalue weighted by atomic mass is 16.4. The molecule has 1 N–H and O–H groups in total. The van der Waals surface area contributed by atoms with E-state index in [4.69, 9.17) is 0 Å². The fourth-order valence-electron chi connectivity index (χ4n) is 6.19. The van der Waals surface area contributed by atoms with Crippen molar-refractivity contribution in [3.8, 4) is 0 Å². The van der Waals surface area contributed by atoms with Crippen LogP contribution in [0.25, 0.3) is 0 Å². The van der Waals surface area contributed by atoms with Crippen molar-refractivity contribution in [1.29, 1.82) is 0 Å². The first-order chi connectivity index (χ1) is 21.0. The van der Waals surface area contributed by atoms with E-state index in [9.17, 15) is 14.7 Å². The average Bonchev–Trinajstić information content (AvgIpc) is 2.99. The van der Waals surface area contributed by atoms with Crippen molar-refractivity contribution in [1.82, 2.24) is 0 Å². The van der Waals surface area contributed by atoms with Crippen LogP contribution in [-0.4, -0.2) is 16.9 Å². The second-order valence-electron chi connectivity index (χ2n) is 13.3. The molecule has 3 heteroatoms. The Morgan fingerprint density at radius 2 is 0.698 bits per heavy atom. The lowest BCUT2D eigenvalue weighted by atomic mass is 9.75. The minimum Gasteiger partial charge on any atom is -0.480 e. The predicted molar refractivity (Wildman–Crippen MR) is 189 cm³/mol. The molecular weight excluding hydrogens is 528 g/mol. The van der Waals surface area contributed by atoms with Crippen LogP contribution in [0.1, 0.15) is 213 Å². The van der Waals surface area contributed by atoms with Gasteiger partial charge in [0, 0.05) is 0 Å². The molecule has 0 aromatic carbocycles. The van der Waals surface area contributed by atoms with Crippen molar-refractivity contribution >= 4 is 11.8 Å². The summed E-state index contributed by atoms with van der Waals surface area (Å²) in [5.74, 6) is -1.05. The second kappa shape index (κ2) is 32.0. The van der Waals surface area contributed by atoms with E-state index in [2.05, 4.69) is 38.2 Å². The molecule has 0 unspecified atom stereocenters. The van der Waals surface area contributed by atoms with Gasteiger partial charge in [0.25, 0.3) is 0 Å². The third kappa shape index (κ3) is 25.6. The van der Waals surface area contributed by atoms with Crippen LogP contribution < -0.4 is 0 Å². The second-order valence-corrected chi connectivity index (χ2v) is 13.3. The van der Waals surface area contributed by atoms with E-state index in [1.165, 1.54) is 148 Å². The summed E-state index contributed by atoms with van der Waals surface area (Å²) in [5.41, 5.74) is -1.17. The molecule has 0 aromatic heterocycles. The Balaban J connectivity index is 3.87. The largest absolute Gasteiger partial charge is 0.480 e. The molecule has 0 saturated heterocycles. The first kappa shape index (κ1) is 41.6. The van der Waals surface area contributed by atoms with Crippen LogP contribution in [0.4, 0.5) is 0 Å². The zero-order valence-corrected chi connectivity index (χ0v) is 29.3. The first-order valence-electron chi connectivity index (χ1n) is 19.1. The minimum absolute atomic E-state index is 0.152. The Labute approximate surface area is 269 Å². The molecule has 0 aliphatic heterocycles. The lowest BCUT2D eigenvalue weighted by Gasteiger charge is -2.27. The maximum Gasteiger partial charge on any atom is 0.317 e. The van der Waals surface area contributed by atoms with Crippen LogP contribution in [-0.2, 0) is 9.59 Å². The molecule has 43 heavy (non-hydrogen) atoms. The normalized spacial score (nSPS) is 12.2. The fraction of sp³-hybridized carbons (Fsp3) is 0.850. The lowest BCUT2D eigenvalue weighted by molar-refractivity contribution is -0.155. The molecule has 0 fully saturated rings. The highest BCUT2D eigenvalue weighted by molar-refractivity contribution is 6.01. The number of allylic oxidation sites excluding steroid dienone is 4. The fourth-order valence-corrected chi connectivity index (χ4v) is 6.19. The maximum absolute atomic E-state index is 12.5. The first-order valence-corrected chi connectivity index (χ1v) is 19.1. The summed E-state index contributed by atoms with van der Waals surface area (Å²) >= 11 is 0. The quantitative estimate of drug-likeness (QED) is 0.0453. The number of aliphatic carboxylic acids is 1. The van der Waals surface area contributed by atoms with Gasteiger partial charge in [0.05, 0.1) is 0 Å². The van der Waals surface area contributed by atoms with Gasteiger partial charge in [-0.15, -0.1) is 0 Å². The summed E-state index contributed by atoms with van der Waals surface area (Å²) in [7, 11) is 0. The number of carboxylic acids is 1. The number of unbranched alkanes of at least 4 members (excludes halogenated alkanes) is 24. The van der Waals surface area contributed by atoms with Crippen molar-refractivity contribution < 1.29 is 14.7 Å². The Kier molecular flexibility index (Phi) is 31.0. The van der Waals surface area contributed by atoms with Gasteiger partial charge < -0.3 is 5.11 Å². The van der Waals surface area contributed by atoms with E-state index in [1.54, 1.807) is 0 Å². The molecule has 252 valence electrons. The molecule has 0 aliphatic carbocycles. The van der Waals surface area contributed by atoms with Gasteiger partial charge in [-0.3, -0.25) is 9.59 Å². The molecular formula is C40H74O3. The third-order valence-corrected chi connectivity index (χ3v) is 9.31. The van der Waals surface area contributed by atoms with Gasteiger partial charge in [-0.2, -0.15) is 0 Å². The van der Waals surface area contributed by atoms with E-state index in [0.29, 0.717) is 12.8 Å². The summed E-state index contributed by atoms with van der Waals surface area (Å²) in [5, 5.41) is 10.0. The summed E-state index contributed by atoms with van der Waals surface area (Å²) < 4.78 is 0. The number of hydrogen-bond acceptors (Lipinski definition) is 2. The number of Topliss-reactive ketones (excluding diaryl/α,β-unsaturated/α-hetero) is 1. The van der Waals surface area contributed by atoms with Gasteiger partial charge in [0.1, 0.15) is 11.2 Å². The topological polar surface area (TPSA) is 54.4 Å². The molecule has 0 radical (unpaired) electrons. The van der Waals surface area contributed by atoms with E-state index in [1.807, 2.05) is 0 Å². The van der Waals surface area contributed by atoms with E-state index in [0.717, 1.165) is 38.5 Å². The Morgan fingerprint density at radius 3 is 0.953 bits per heavy atom. The number of carboxylic acid groups (broad SMARTS) is 1. The van der Waals surface area contributed by atoms with Crippen LogP contribution in [0.2, 0.25) is 0 Å². The number of carbonyl (C=O) groups is 2. The Bertz CT molecular complexity index is 619. The molecule has 0 heterocycles. The van der Waals surface area contributed by atoms with Crippen LogP contribution in [0, 0.1) is 5.41 Å². The molecule has 0 atom stereocenters. The molecule has 0 saturated carbocycles. The van der Waals surface area contributed by atoms with Crippen molar-refractivity contribution in [2.45, 2.75) is 213 Å². The van der Waals surface area contributed by atoms with Crippen LogP contribution in [0.15, 0.2) is 24.3 Å². The summed E-state index contributed by atoms with van der Waals surface area (Å²) in [6.07, 6.45) is 45.1. The van der Waals surface area contributed by atoms with E-state index in [-0.39, 0.29) is 5.78 Å². The molecule has 0 bridgehead atoms. The van der Waals surface area contributed by atoms with Crippen molar-refractivity contribution in [3.63, 3.8) is 0 Å². The predicted octanol–water partition coefficient (Wildman–Crippen LogP) is 13.5. The number of carbonyl (C=O) groups excluding carboxylic acids is 1. The van der Waals surface area contributed by atoms with Gasteiger partial charge in [-0.05, 0) is 71.1 Å². The van der Waals surface area contributed by atoms with E-state index >= 15 is 0 Å². The summed E-state index contributed by atoms with van der Waals surface area (Å²) in [4.78, 5) is 24.7. The van der Waals surface area contributed by atoms with Crippen molar-refractivity contribution in [3.05, 3.63) is 24.3 Å². The highest BCUT2D eigenvalue weighted by Crippen LogP contribution is 2.34. The Morgan fingerprint density at radius 1 is 0.442 bits per heavy atom. The SMILES string of the molecule is CCCCCCCC/C=C\CCCCCCCCC(CCCCCCCC/C=C\CCCCCCCC)(C(C)=O)C(=O)O. The minimum atomic E-state index is -1.17. The zero-order valence-electron chi connectivity index (χ0n) is 29.3. The number of rotatable bonds is 34. The molecule has 0 aliphatic rings. The molecule has 0 aromatic rings. The van der Waals surface area contributed by atoms with Gasteiger partial charge in [-0.25, -0.2) is 0 Å². The zero-order chi connectivity index (χ0) is 31.7. The molecule has 0 amide bonds. The maximum atomic E-state index is 12.5. The molecule has 3 nitrogen and oxygen atoms in total. The van der Waals surface area contributed by atoms with E-state index < -0.39 is 11.4 Å². The number of ketones is 1. The molecule has 0 spiro atoms. The highest BCUT2D eigenvalue weighted by Gasteiger charge is 2.42. The standard InChI is InChI=1S/C40H74O3/c1-4-6-8-10-12-14-16-18-20-22-24-26-28-30-32-34-36-40(38(3)41,39(42)43)37-35-33-31-29-27-25-23-21-19-17-15-13-11-9-7-5-2/h18-21H,4-17,22-37H2,1-3H3,(H,42,43)/b20-18-,21-19-. The molecule has 0 rings (SSSR count). The third-order valence-electron chi connectivity index (χ3n) is 9.31. The van der Waals surface area contributed by atoms with Gasteiger partial charge in [0.2, 0.25) is 0 Å². The van der Waals surface area contributed by atoms with Crippen molar-refractivity contribution in [2.75, 3.05) is 0 Å². The summed E-state index contributed by atoms with van der Waals surface area (Å²) in [6, 6.07) is 0. The van der Waals surface area contributed by atoms with Crippen LogP contribution in [0.3, 0.4) is 0 Å². The van der Waals surface area contributed by atoms with Gasteiger partial charge in [-0.1, -0.05) is 167 Å². The van der Waals surface area contributed by atoms with Gasteiger partial charge in [0.15, 0.2) is 0 Å². The lowest BCUT2D eigenvalue weighted by Crippen LogP contribution is -2.38. The number of hydrogen-bond donors (Lipinski definition) is 1. The smallest absolute Gasteiger partial charge is 0.317 e. The van der Waals surface area contributed by atoms with Crippen LogP contribution in [0.5, 0.6) is 0 Å². The average molecular weight is 603 g/mol. The van der Waals surface area contributed by atoms with Crippen molar-refractivity contribution in [2.24, 2.45) is 5.41 Å². The monoisotopic (exact) mass is 603 g/mol. The summed E-state index contributed by atoms with van der Waals surface area (Å²) in [6.45, 7) is 6.03. The van der Waals surface area contributed by atoms with Gasteiger partial charge >= 0.3 is 5.97 Å². The Hall–Kier alpha value is -1.38. The van der Waals surface area contributed by atoms with Crippen LogP contribution >= 0.6 is 0 Å².